The van der Waals surface area contributed by atoms with E-state index in [1.807, 2.05) is 13.8 Å². The van der Waals surface area contributed by atoms with Crippen molar-refractivity contribution in [1.82, 2.24) is 15.8 Å². The second-order valence-electron chi connectivity index (χ2n) is 6.50. The number of rotatable bonds is 9. The molecule has 0 spiro atoms. The van der Waals surface area contributed by atoms with Crippen LogP contribution >= 0.6 is 0 Å². The highest BCUT2D eigenvalue weighted by Gasteiger charge is 2.16. The van der Waals surface area contributed by atoms with Crippen molar-refractivity contribution in [2.45, 2.75) is 52.6 Å². The molecule has 2 N–H and O–H groups in total. The highest BCUT2D eigenvalue weighted by molar-refractivity contribution is 5.79. The molecule has 0 amide bonds. The summed E-state index contributed by atoms with van der Waals surface area (Å²) in [5.41, 5.74) is 2.11. The molecular weight excluding hydrogens is 320 g/mol. The van der Waals surface area contributed by atoms with Crippen LogP contribution in [-0.2, 0) is 9.47 Å². The summed E-state index contributed by atoms with van der Waals surface area (Å²) in [4.78, 5) is 4.69. The minimum atomic E-state index is 0.271. The lowest BCUT2D eigenvalue weighted by Gasteiger charge is -2.14. The van der Waals surface area contributed by atoms with Gasteiger partial charge >= 0.3 is 0 Å². The van der Waals surface area contributed by atoms with Gasteiger partial charge in [0.25, 0.3) is 0 Å². The Morgan fingerprint density at radius 1 is 1.40 bits per heavy atom. The zero-order valence-corrected chi connectivity index (χ0v) is 15.9. The van der Waals surface area contributed by atoms with Crippen LogP contribution in [0.25, 0.3) is 0 Å². The van der Waals surface area contributed by atoms with Gasteiger partial charge in [0.2, 0.25) is 0 Å². The first-order valence-corrected chi connectivity index (χ1v) is 9.26. The minimum Gasteiger partial charge on any atom is -0.379 e. The van der Waals surface area contributed by atoms with Crippen molar-refractivity contribution >= 4 is 5.96 Å². The van der Waals surface area contributed by atoms with Gasteiger partial charge in [0, 0.05) is 44.3 Å². The van der Waals surface area contributed by atoms with E-state index in [4.69, 9.17) is 19.0 Å². The standard InChI is InChI=1S/C18H32N4O3/c1-5-19-18(20-8-6-9-24-16-7-10-23-12-16)21-11-13(2)17-14(3)22-25-15(17)4/h13,16H,5-12H2,1-4H3,(H2,19,20,21). The van der Waals surface area contributed by atoms with Gasteiger partial charge in [-0.1, -0.05) is 12.1 Å². The molecular formula is C18H32N4O3. The summed E-state index contributed by atoms with van der Waals surface area (Å²) < 4.78 is 16.3. The first-order valence-electron chi connectivity index (χ1n) is 9.26. The fraction of sp³-hybridized carbons (Fsp3) is 0.778. The Hall–Kier alpha value is -1.60. The maximum atomic E-state index is 5.78. The lowest BCUT2D eigenvalue weighted by molar-refractivity contribution is 0.0420. The van der Waals surface area contributed by atoms with Crippen LogP contribution in [-0.4, -0.2) is 56.7 Å². The molecule has 1 aliphatic rings. The Labute approximate surface area is 150 Å². The lowest BCUT2D eigenvalue weighted by atomic mass is 10.00. The van der Waals surface area contributed by atoms with E-state index >= 15 is 0 Å². The average molecular weight is 352 g/mol. The van der Waals surface area contributed by atoms with Crippen LogP contribution in [0.15, 0.2) is 9.52 Å². The van der Waals surface area contributed by atoms with Crippen molar-refractivity contribution in [3.05, 3.63) is 17.0 Å². The average Bonchev–Trinajstić information content (AvgIpc) is 3.22. The molecule has 0 aliphatic carbocycles. The van der Waals surface area contributed by atoms with Crippen LogP contribution in [0.3, 0.4) is 0 Å². The van der Waals surface area contributed by atoms with E-state index < -0.39 is 0 Å². The van der Waals surface area contributed by atoms with Crippen molar-refractivity contribution in [1.29, 1.82) is 0 Å². The number of hydrogen-bond acceptors (Lipinski definition) is 5. The van der Waals surface area contributed by atoms with E-state index in [1.165, 1.54) is 0 Å². The molecule has 2 unspecified atom stereocenters. The molecule has 7 nitrogen and oxygen atoms in total. The topological polar surface area (TPSA) is 80.9 Å². The number of guanidine groups is 1. The number of aromatic nitrogens is 1. The van der Waals surface area contributed by atoms with E-state index in [0.29, 0.717) is 6.54 Å². The quantitative estimate of drug-likeness (QED) is 0.403. The highest BCUT2D eigenvalue weighted by atomic mass is 16.5. The lowest BCUT2D eigenvalue weighted by Crippen LogP contribution is -2.38. The smallest absolute Gasteiger partial charge is 0.191 e. The summed E-state index contributed by atoms with van der Waals surface area (Å²) >= 11 is 0. The summed E-state index contributed by atoms with van der Waals surface area (Å²) in [6.07, 6.45) is 2.23. The molecule has 1 aromatic heterocycles. The van der Waals surface area contributed by atoms with Crippen LogP contribution in [0, 0.1) is 13.8 Å². The highest BCUT2D eigenvalue weighted by Crippen LogP contribution is 2.23. The maximum absolute atomic E-state index is 5.78. The molecule has 25 heavy (non-hydrogen) atoms. The summed E-state index contributed by atoms with van der Waals surface area (Å²) in [6, 6.07) is 0. The van der Waals surface area contributed by atoms with Crippen molar-refractivity contribution in [2.75, 3.05) is 39.5 Å². The van der Waals surface area contributed by atoms with Crippen molar-refractivity contribution in [2.24, 2.45) is 4.99 Å². The molecule has 0 bridgehead atoms. The maximum Gasteiger partial charge on any atom is 0.191 e. The van der Waals surface area contributed by atoms with Gasteiger partial charge < -0.3 is 24.6 Å². The predicted molar refractivity (Wildman–Crippen MR) is 98.2 cm³/mol. The van der Waals surface area contributed by atoms with E-state index in [2.05, 4.69) is 29.6 Å². The number of aliphatic imine (C=N–C) groups is 1. The fourth-order valence-electron chi connectivity index (χ4n) is 3.03. The van der Waals surface area contributed by atoms with Gasteiger partial charge in [0.05, 0.1) is 18.4 Å². The summed E-state index contributed by atoms with van der Waals surface area (Å²) in [5, 5.41) is 10.7. The first-order chi connectivity index (χ1) is 12.1. The molecule has 1 aliphatic heterocycles. The Morgan fingerprint density at radius 2 is 2.24 bits per heavy atom. The minimum absolute atomic E-state index is 0.271. The van der Waals surface area contributed by atoms with Crippen LogP contribution in [0.2, 0.25) is 0 Å². The van der Waals surface area contributed by atoms with Gasteiger partial charge in [-0.05, 0) is 33.6 Å². The molecule has 2 heterocycles. The second kappa shape index (κ2) is 10.4. The van der Waals surface area contributed by atoms with Crippen LogP contribution in [0.5, 0.6) is 0 Å². The number of nitrogens with zero attached hydrogens (tertiary/aromatic N) is 2. The Kier molecular flexibility index (Phi) is 8.21. The van der Waals surface area contributed by atoms with E-state index in [-0.39, 0.29) is 12.0 Å². The SMILES string of the molecule is CCNC(=NCC(C)c1c(C)noc1C)NCCCOC1CCOC1. The van der Waals surface area contributed by atoms with Crippen molar-refractivity contribution < 1.29 is 14.0 Å². The normalized spacial score (nSPS) is 19.2. The first kappa shape index (κ1) is 19.7. The van der Waals surface area contributed by atoms with E-state index in [0.717, 1.165) is 68.7 Å². The zero-order valence-electron chi connectivity index (χ0n) is 15.9. The number of hydrogen-bond donors (Lipinski definition) is 2. The molecule has 1 aromatic rings. The fourth-order valence-corrected chi connectivity index (χ4v) is 3.03. The number of aryl methyl sites for hydroxylation is 2. The molecule has 0 aromatic carbocycles. The zero-order chi connectivity index (χ0) is 18.1. The molecule has 2 atom stereocenters. The van der Waals surface area contributed by atoms with Crippen molar-refractivity contribution in [3.63, 3.8) is 0 Å². The third kappa shape index (κ3) is 6.32. The van der Waals surface area contributed by atoms with Crippen molar-refractivity contribution in [3.8, 4) is 0 Å². The van der Waals surface area contributed by atoms with E-state index in [9.17, 15) is 0 Å². The Bertz CT molecular complexity index is 519. The van der Waals surface area contributed by atoms with Crippen LogP contribution in [0.4, 0.5) is 0 Å². The van der Waals surface area contributed by atoms with Gasteiger partial charge in [-0.25, -0.2) is 0 Å². The number of nitrogens with one attached hydrogen (secondary N) is 2. The third-order valence-electron chi connectivity index (χ3n) is 4.30. The van der Waals surface area contributed by atoms with Gasteiger partial charge in [0.15, 0.2) is 5.96 Å². The summed E-state index contributed by atoms with van der Waals surface area (Å²) in [7, 11) is 0. The van der Waals surface area contributed by atoms with Crippen LogP contribution in [0.1, 0.15) is 49.6 Å². The summed E-state index contributed by atoms with van der Waals surface area (Å²) in [5.74, 6) is 1.99. The molecule has 1 saturated heterocycles. The molecule has 0 radical (unpaired) electrons. The third-order valence-corrected chi connectivity index (χ3v) is 4.30. The molecule has 1 fully saturated rings. The van der Waals surface area contributed by atoms with E-state index in [1.54, 1.807) is 0 Å². The molecule has 2 rings (SSSR count). The van der Waals surface area contributed by atoms with Gasteiger partial charge in [-0.2, -0.15) is 0 Å². The molecule has 142 valence electrons. The summed E-state index contributed by atoms with van der Waals surface area (Å²) in [6.45, 7) is 12.8. The van der Waals surface area contributed by atoms with Crippen LogP contribution < -0.4 is 10.6 Å². The second-order valence-corrected chi connectivity index (χ2v) is 6.50. The molecule has 7 heteroatoms. The Morgan fingerprint density at radius 3 is 2.88 bits per heavy atom. The molecule has 0 saturated carbocycles. The van der Waals surface area contributed by atoms with Gasteiger partial charge in [-0.15, -0.1) is 0 Å². The van der Waals surface area contributed by atoms with Gasteiger partial charge in [-0.3, -0.25) is 4.99 Å². The number of ether oxygens (including phenoxy) is 2. The monoisotopic (exact) mass is 352 g/mol. The largest absolute Gasteiger partial charge is 0.379 e. The van der Waals surface area contributed by atoms with Gasteiger partial charge in [0.1, 0.15) is 5.76 Å². The Balaban J connectivity index is 1.73. The predicted octanol–water partition coefficient (Wildman–Crippen LogP) is 2.15.